The molecule has 1 atom stereocenters. The zero-order chi connectivity index (χ0) is 23.9. The quantitative estimate of drug-likeness (QED) is 0.306. The third-order valence-electron chi connectivity index (χ3n) is 8.99. The van der Waals surface area contributed by atoms with Crippen molar-refractivity contribution < 1.29 is 45.1 Å². The first kappa shape index (κ1) is 25.8. The molecule has 8 rings (SSSR count). The molecule has 186 valence electrons. The Morgan fingerprint density at radius 1 is 0.658 bits per heavy atom. The molecule has 1 aliphatic heterocycles. The summed E-state index contributed by atoms with van der Waals surface area (Å²) in [6.07, 6.45) is 4.59. The van der Waals surface area contributed by atoms with E-state index in [1.165, 1.54) is 41.5 Å². The molecule has 1 fully saturated rings. The van der Waals surface area contributed by atoms with E-state index in [9.17, 15) is 0 Å². The van der Waals surface area contributed by atoms with Gasteiger partial charge in [-0.25, -0.2) is 0 Å². The zero-order valence-corrected chi connectivity index (χ0v) is 25.1. The van der Waals surface area contributed by atoms with E-state index in [1.54, 1.807) is 22.3 Å². The van der Waals surface area contributed by atoms with Crippen molar-refractivity contribution in [3.8, 4) is 22.3 Å². The van der Waals surface area contributed by atoms with E-state index in [0.29, 0.717) is 7.25 Å². The number of aromatic nitrogens is 1. The summed E-state index contributed by atoms with van der Waals surface area (Å²) in [6.45, 7) is 2.41. The predicted molar refractivity (Wildman–Crippen MR) is 147 cm³/mol. The van der Waals surface area contributed by atoms with E-state index in [0.717, 1.165) is 5.52 Å². The predicted octanol–water partition coefficient (Wildman–Crippen LogP) is 3.14. The number of allylic oxidation sites excluding steroid dienone is 1. The van der Waals surface area contributed by atoms with Gasteiger partial charge in [-0.1, -0.05) is 0 Å². The summed E-state index contributed by atoms with van der Waals surface area (Å²) in [5.74, 6) is 0. The van der Waals surface area contributed by atoms with Gasteiger partial charge in [0.15, 0.2) is 0 Å². The van der Waals surface area contributed by atoms with Crippen LogP contribution in [0.3, 0.4) is 0 Å². The molecule has 0 bridgehead atoms. The molecule has 0 N–H and O–H groups in total. The van der Waals surface area contributed by atoms with Crippen LogP contribution in [0, 0.1) is 0 Å². The molecule has 2 heterocycles. The van der Waals surface area contributed by atoms with Gasteiger partial charge in [0.05, 0.1) is 0 Å². The molecule has 2 aliphatic carbocycles. The Morgan fingerprint density at radius 3 is 1.97 bits per heavy atom. The number of pyridine rings is 1. The molecular formula is C34H27Cl2NZr. The van der Waals surface area contributed by atoms with Gasteiger partial charge in [-0.2, -0.15) is 0 Å². The summed E-state index contributed by atoms with van der Waals surface area (Å²) in [5, 5.41) is 1.21. The molecule has 38 heavy (non-hydrogen) atoms. The number of para-hydroxylation sites is 1. The number of nitrogens with zero attached hydrogens (tertiary/aromatic N) is 1. The molecule has 5 aromatic rings. The van der Waals surface area contributed by atoms with E-state index in [2.05, 4.69) is 116 Å². The van der Waals surface area contributed by atoms with Crippen molar-refractivity contribution in [1.29, 1.82) is 0 Å². The van der Waals surface area contributed by atoms with Gasteiger partial charge in [-0.05, 0) is 0 Å². The number of rotatable bonds is 3. The maximum absolute atomic E-state index is 4.79. The van der Waals surface area contributed by atoms with Gasteiger partial charge in [0.1, 0.15) is 0 Å². The fourth-order valence-electron chi connectivity index (χ4n) is 7.45. The summed E-state index contributed by atoms with van der Waals surface area (Å²) in [4.78, 5) is 4.79. The average Bonchev–Trinajstić information content (AvgIpc) is 3.51. The van der Waals surface area contributed by atoms with Crippen LogP contribution in [-0.2, 0) is 20.3 Å². The minimum atomic E-state index is -2.63. The molecule has 1 unspecified atom stereocenters. The van der Waals surface area contributed by atoms with Crippen LogP contribution >= 0.6 is 0 Å². The maximum atomic E-state index is 4.79. The molecule has 4 aromatic carbocycles. The van der Waals surface area contributed by atoms with Crippen molar-refractivity contribution >= 4 is 17.0 Å². The molecule has 1 aromatic heterocycles. The van der Waals surface area contributed by atoms with Gasteiger partial charge in [0, 0.05) is 0 Å². The Morgan fingerprint density at radius 2 is 1.26 bits per heavy atom. The van der Waals surface area contributed by atoms with E-state index >= 15 is 0 Å². The number of fused-ring (bicyclic) bond motifs is 5. The van der Waals surface area contributed by atoms with Gasteiger partial charge in [0.25, 0.3) is 0 Å². The normalized spacial score (nSPS) is 17.2. The molecule has 0 amide bonds. The van der Waals surface area contributed by atoms with E-state index in [-0.39, 0.29) is 24.8 Å². The molecule has 4 heteroatoms. The van der Waals surface area contributed by atoms with Crippen molar-refractivity contribution in [2.45, 2.75) is 22.4 Å². The number of hydrogen-bond acceptors (Lipinski definition) is 1. The maximum Gasteiger partial charge on any atom is -1.00 e. The Balaban J connectivity index is 0.00000132. The second-order valence-corrected chi connectivity index (χ2v) is 22.2. The minimum Gasteiger partial charge on any atom is -1.00 e. The summed E-state index contributed by atoms with van der Waals surface area (Å²) in [5.41, 5.74) is 14.5. The van der Waals surface area contributed by atoms with E-state index in [1.807, 2.05) is 0 Å². The van der Waals surface area contributed by atoms with E-state index < -0.39 is 20.3 Å². The number of halogens is 2. The van der Waals surface area contributed by atoms with E-state index in [4.69, 9.17) is 4.98 Å². The van der Waals surface area contributed by atoms with Crippen LogP contribution in [0.1, 0.15) is 36.4 Å². The number of benzene rings is 4. The minimum absolute atomic E-state index is 0. The fraction of sp³-hybridized carbons (Fsp3) is 0.147. The van der Waals surface area contributed by atoms with Crippen LogP contribution in [0.15, 0.2) is 109 Å². The van der Waals surface area contributed by atoms with Crippen molar-refractivity contribution in [3.63, 3.8) is 0 Å². The van der Waals surface area contributed by atoms with Gasteiger partial charge in [-0.15, -0.1) is 0 Å². The smallest absolute Gasteiger partial charge is 1.00 e. The Labute approximate surface area is 241 Å². The van der Waals surface area contributed by atoms with Crippen LogP contribution in [0.5, 0.6) is 0 Å². The van der Waals surface area contributed by atoms with Crippen LogP contribution < -0.4 is 24.8 Å². The Bertz CT molecular complexity index is 1690. The van der Waals surface area contributed by atoms with Crippen molar-refractivity contribution in [3.05, 3.63) is 131 Å². The molecule has 0 spiro atoms. The summed E-state index contributed by atoms with van der Waals surface area (Å²) in [7, 11) is 0. The molecule has 0 saturated carbocycles. The van der Waals surface area contributed by atoms with Gasteiger partial charge >= 0.3 is 218 Å². The summed E-state index contributed by atoms with van der Waals surface area (Å²) >= 11 is -2.63. The van der Waals surface area contributed by atoms with Crippen molar-refractivity contribution in [2.24, 2.45) is 0 Å². The second kappa shape index (κ2) is 9.60. The SMILES string of the molecule is CC1=Cc2c(-c3cnc4ccccc4c3)cccc2[CH]1[Zr+2]1([CH]2c3ccccc3-c3ccccc32)[CH2][CH2]1.[Cl-].[Cl-]. The molecule has 1 nitrogen and oxygen atoms in total. The van der Waals surface area contributed by atoms with Crippen LogP contribution in [-0.4, -0.2) is 4.98 Å². The molecular weight excluding hydrogens is 585 g/mol. The fourth-order valence-corrected chi connectivity index (χ4v) is 24.9. The largest absolute Gasteiger partial charge is 1.00 e. The van der Waals surface area contributed by atoms with Gasteiger partial charge in [0.2, 0.25) is 0 Å². The standard InChI is InChI=1S/C19H14N.C13H9.C2H4.2ClH.Zr/c1-13-9-14-6-4-7-17(18(14)10-13)16-11-15-5-2-3-8-19(15)20-12-16;1-3-7-12-10(5-1)9-11-6-2-4-8-13(11)12;1-2;;;/h2-12H,1H3;1-9H;1-2H2;2*1H;/q;;;;;+2/p-2. The van der Waals surface area contributed by atoms with Crippen LogP contribution in [0.2, 0.25) is 8.26 Å². The first-order valence-electron chi connectivity index (χ1n) is 13.1. The second-order valence-electron chi connectivity index (χ2n) is 10.9. The van der Waals surface area contributed by atoms with Crippen LogP contribution in [0.4, 0.5) is 0 Å². The zero-order valence-electron chi connectivity index (χ0n) is 21.2. The topological polar surface area (TPSA) is 12.9 Å². The third-order valence-corrected chi connectivity index (χ3v) is 22.1. The van der Waals surface area contributed by atoms with Crippen molar-refractivity contribution in [2.75, 3.05) is 0 Å². The number of hydrogen-bond donors (Lipinski definition) is 0. The Hall–Kier alpha value is -2.51. The third kappa shape index (κ3) is 3.65. The first-order valence-corrected chi connectivity index (χ1v) is 19.4. The Kier molecular flexibility index (Phi) is 6.51. The first-order chi connectivity index (χ1) is 17.7. The summed E-state index contributed by atoms with van der Waals surface area (Å²) < 4.78 is 4.29. The van der Waals surface area contributed by atoms with Gasteiger partial charge < -0.3 is 24.8 Å². The summed E-state index contributed by atoms with van der Waals surface area (Å²) in [6, 6.07) is 36.3. The monoisotopic (exact) mass is 609 g/mol. The molecule has 3 aliphatic rings. The van der Waals surface area contributed by atoms with Crippen molar-refractivity contribution in [1.82, 2.24) is 4.98 Å². The van der Waals surface area contributed by atoms with Crippen LogP contribution in [0.25, 0.3) is 39.2 Å². The van der Waals surface area contributed by atoms with Gasteiger partial charge in [-0.3, -0.25) is 0 Å². The molecule has 0 radical (unpaired) electrons. The molecule has 1 saturated heterocycles. The average molecular weight is 612 g/mol.